The zero-order valence-corrected chi connectivity index (χ0v) is 11.8. The lowest BCUT2D eigenvalue weighted by Crippen LogP contribution is -2.22. The first kappa shape index (κ1) is 15.0. The highest BCUT2D eigenvalue weighted by molar-refractivity contribution is 7.80. The van der Waals surface area contributed by atoms with Crippen molar-refractivity contribution < 1.29 is 13.2 Å². The van der Waals surface area contributed by atoms with Gasteiger partial charge in [-0.15, -0.1) is 0 Å². The number of hydrogen-bond acceptors (Lipinski definition) is 3. The fourth-order valence-electron chi connectivity index (χ4n) is 2.07. The Hall–Kier alpha value is -1.37. The topological polar surface area (TPSA) is 50.9 Å². The van der Waals surface area contributed by atoms with Crippen molar-refractivity contribution in [2.45, 2.75) is 38.4 Å². The second kappa shape index (κ2) is 5.55. The van der Waals surface area contributed by atoms with E-state index in [1.165, 1.54) is 18.9 Å². The van der Waals surface area contributed by atoms with E-state index in [1.54, 1.807) is 0 Å². The first-order chi connectivity index (χ1) is 9.27. The molecule has 3 nitrogen and oxygen atoms in total. The van der Waals surface area contributed by atoms with Crippen LogP contribution in [-0.2, 0) is 6.18 Å². The minimum absolute atomic E-state index is 0.0339. The molecule has 1 aliphatic carbocycles. The van der Waals surface area contributed by atoms with Crippen LogP contribution < -0.4 is 11.1 Å². The molecule has 1 atom stereocenters. The molecule has 3 N–H and O–H groups in total. The van der Waals surface area contributed by atoms with Crippen LogP contribution in [0.25, 0.3) is 0 Å². The maximum Gasteiger partial charge on any atom is 0.433 e. The molecular weight excluding hydrogens is 287 g/mol. The number of pyridine rings is 1. The summed E-state index contributed by atoms with van der Waals surface area (Å²) in [6.07, 6.45) is -1.20. The second-order valence-electron chi connectivity index (χ2n) is 5.18. The molecule has 7 heteroatoms. The summed E-state index contributed by atoms with van der Waals surface area (Å²) in [6.45, 7) is 1.92. The van der Waals surface area contributed by atoms with Crippen LogP contribution in [0.15, 0.2) is 12.1 Å². The van der Waals surface area contributed by atoms with Gasteiger partial charge in [0.2, 0.25) is 0 Å². The Kier molecular flexibility index (Phi) is 4.17. The summed E-state index contributed by atoms with van der Waals surface area (Å²) in [5.74, 6) is 0.775. The van der Waals surface area contributed by atoms with E-state index in [-0.39, 0.29) is 16.8 Å². The SMILES string of the molecule is CC(CC1CC1)Nc1nc(C(F)(F)F)ccc1C(N)=S. The number of aromatic nitrogens is 1. The van der Waals surface area contributed by atoms with Gasteiger partial charge in [-0.1, -0.05) is 25.1 Å². The van der Waals surface area contributed by atoms with E-state index in [4.69, 9.17) is 18.0 Å². The van der Waals surface area contributed by atoms with Gasteiger partial charge in [-0.2, -0.15) is 13.2 Å². The standard InChI is InChI=1S/C13H16F3N3S/c1-7(6-8-2-3-8)18-12-9(11(17)20)4-5-10(19-12)13(14,15)16/h4-5,7-8H,2-3,6H2,1H3,(H2,17,20)(H,18,19). The first-order valence-corrected chi connectivity index (χ1v) is 6.82. The van der Waals surface area contributed by atoms with Crippen molar-refractivity contribution in [3.8, 4) is 0 Å². The third kappa shape index (κ3) is 3.82. The van der Waals surface area contributed by atoms with E-state index in [2.05, 4.69) is 10.3 Å². The summed E-state index contributed by atoms with van der Waals surface area (Å²) < 4.78 is 38.1. The minimum Gasteiger partial charge on any atom is -0.389 e. The Bertz CT molecular complexity index is 512. The number of nitrogens with zero attached hydrogens (tertiary/aromatic N) is 1. The molecule has 0 amide bonds. The van der Waals surface area contributed by atoms with Crippen molar-refractivity contribution >= 4 is 23.0 Å². The summed E-state index contributed by atoms with van der Waals surface area (Å²) in [7, 11) is 0. The van der Waals surface area contributed by atoms with E-state index < -0.39 is 11.9 Å². The van der Waals surface area contributed by atoms with Crippen LogP contribution in [0.3, 0.4) is 0 Å². The van der Waals surface area contributed by atoms with Crippen LogP contribution >= 0.6 is 12.2 Å². The molecule has 0 aliphatic heterocycles. The third-order valence-electron chi connectivity index (χ3n) is 3.22. The van der Waals surface area contributed by atoms with Gasteiger partial charge < -0.3 is 11.1 Å². The Balaban J connectivity index is 2.23. The zero-order valence-electron chi connectivity index (χ0n) is 11.0. The molecule has 1 fully saturated rings. The quantitative estimate of drug-likeness (QED) is 0.819. The predicted molar refractivity (Wildman–Crippen MR) is 75.6 cm³/mol. The van der Waals surface area contributed by atoms with E-state index >= 15 is 0 Å². The molecule has 1 aliphatic rings. The molecule has 1 saturated carbocycles. The number of halogens is 3. The molecule has 1 unspecified atom stereocenters. The van der Waals surface area contributed by atoms with Crippen LogP contribution in [-0.4, -0.2) is 16.0 Å². The lowest BCUT2D eigenvalue weighted by Gasteiger charge is -2.18. The number of alkyl halides is 3. The van der Waals surface area contributed by atoms with Crippen LogP contribution in [0.5, 0.6) is 0 Å². The van der Waals surface area contributed by atoms with Crippen molar-refractivity contribution in [1.29, 1.82) is 0 Å². The normalized spacial score (nSPS) is 16.8. The van der Waals surface area contributed by atoms with E-state index in [9.17, 15) is 13.2 Å². The van der Waals surface area contributed by atoms with Crippen molar-refractivity contribution in [2.24, 2.45) is 11.7 Å². The highest BCUT2D eigenvalue weighted by Gasteiger charge is 2.33. The van der Waals surface area contributed by atoms with Crippen LogP contribution in [0, 0.1) is 5.92 Å². The van der Waals surface area contributed by atoms with E-state index in [0.717, 1.165) is 12.5 Å². The fraction of sp³-hybridized carbons (Fsp3) is 0.538. The largest absolute Gasteiger partial charge is 0.433 e. The molecule has 0 radical (unpaired) electrons. The molecule has 0 aromatic carbocycles. The summed E-state index contributed by atoms with van der Waals surface area (Å²) >= 11 is 4.86. The van der Waals surface area contributed by atoms with Gasteiger partial charge in [0.1, 0.15) is 16.5 Å². The van der Waals surface area contributed by atoms with Gasteiger partial charge in [0.15, 0.2) is 0 Å². The summed E-state index contributed by atoms with van der Waals surface area (Å²) in [4.78, 5) is 3.66. The third-order valence-corrected chi connectivity index (χ3v) is 3.44. The van der Waals surface area contributed by atoms with Gasteiger partial charge in [0.05, 0.1) is 5.56 Å². The Morgan fingerprint density at radius 3 is 2.65 bits per heavy atom. The lowest BCUT2D eigenvalue weighted by molar-refractivity contribution is -0.141. The van der Waals surface area contributed by atoms with Crippen molar-refractivity contribution in [2.75, 3.05) is 5.32 Å². The van der Waals surface area contributed by atoms with Crippen LogP contribution in [0.1, 0.15) is 37.4 Å². The molecule has 1 aromatic heterocycles. The van der Waals surface area contributed by atoms with Crippen molar-refractivity contribution in [3.05, 3.63) is 23.4 Å². The molecular formula is C13H16F3N3S. The molecule has 20 heavy (non-hydrogen) atoms. The molecule has 2 rings (SSSR count). The maximum absolute atomic E-state index is 12.7. The van der Waals surface area contributed by atoms with Crippen LogP contribution in [0.2, 0.25) is 0 Å². The van der Waals surface area contributed by atoms with Crippen molar-refractivity contribution in [3.63, 3.8) is 0 Å². The summed E-state index contributed by atoms with van der Waals surface area (Å²) in [6, 6.07) is 2.20. The summed E-state index contributed by atoms with van der Waals surface area (Å²) in [5, 5.41) is 3.00. The van der Waals surface area contributed by atoms with Crippen LogP contribution in [0.4, 0.5) is 19.0 Å². The first-order valence-electron chi connectivity index (χ1n) is 6.42. The van der Waals surface area contributed by atoms with E-state index in [1.807, 2.05) is 6.92 Å². The average molecular weight is 303 g/mol. The molecule has 0 saturated heterocycles. The molecule has 0 bridgehead atoms. The molecule has 0 spiro atoms. The zero-order chi connectivity index (χ0) is 14.9. The van der Waals surface area contributed by atoms with E-state index in [0.29, 0.717) is 11.5 Å². The molecule has 110 valence electrons. The van der Waals surface area contributed by atoms with Gasteiger partial charge in [0.25, 0.3) is 0 Å². The highest BCUT2D eigenvalue weighted by atomic mass is 32.1. The molecule has 1 heterocycles. The number of nitrogens with two attached hydrogens (primary N) is 1. The number of nitrogens with one attached hydrogen (secondary N) is 1. The van der Waals surface area contributed by atoms with Gasteiger partial charge in [-0.05, 0) is 31.4 Å². The number of thiocarbonyl (C=S) groups is 1. The Labute approximate surface area is 120 Å². The number of rotatable bonds is 5. The number of anilines is 1. The predicted octanol–water partition coefficient (Wildman–Crippen LogP) is 3.34. The monoisotopic (exact) mass is 303 g/mol. The summed E-state index contributed by atoms with van der Waals surface area (Å²) in [5.41, 5.74) is 4.93. The minimum atomic E-state index is -4.48. The van der Waals surface area contributed by atoms with Gasteiger partial charge >= 0.3 is 6.18 Å². The number of hydrogen-bond donors (Lipinski definition) is 2. The fourth-order valence-corrected chi connectivity index (χ4v) is 2.24. The molecule has 1 aromatic rings. The Morgan fingerprint density at radius 2 is 2.15 bits per heavy atom. The smallest absolute Gasteiger partial charge is 0.389 e. The lowest BCUT2D eigenvalue weighted by atomic mass is 10.1. The Morgan fingerprint density at radius 1 is 1.50 bits per heavy atom. The van der Waals surface area contributed by atoms with Gasteiger partial charge in [-0.25, -0.2) is 4.98 Å². The van der Waals surface area contributed by atoms with Gasteiger partial charge in [-0.3, -0.25) is 0 Å². The maximum atomic E-state index is 12.7. The highest BCUT2D eigenvalue weighted by Crippen LogP contribution is 2.34. The second-order valence-corrected chi connectivity index (χ2v) is 5.62. The van der Waals surface area contributed by atoms with Crippen molar-refractivity contribution in [1.82, 2.24) is 4.98 Å². The average Bonchev–Trinajstić information content (AvgIpc) is 3.11. The van der Waals surface area contributed by atoms with Gasteiger partial charge in [0, 0.05) is 6.04 Å².